The number of carbonyl (C=O) groups excluding carboxylic acids is 1. The van der Waals surface area contributed by atoms with Gasteiger partial charge in [0.05, 0.1) is 6.61 Å². The van der Waals surface area contributed by atoms with Crippen molar-refractivity contribution in [3.8, 4) is 6.01 Å². The Bertz CT molecular complexity index is 454. The Morgan fingerprint density at radius 1 is 1.35 bits per heavy atom. The molecule has 0 aliphatic heterocycles. The summed E-state index contributed by atoms with van der Waals surface area (Å²) in [6, 6.07) is -0.330. The summed E-state index contributed by atoms with van der Waals surface area (Å²) >= 11 is 0. The number of nitrogens with zero attached hydrogens (tertiary/aromatic N) is 4. The van der Waals surface area contributed by atoms with Crippen LogP contribution >= 0.6 is 0 Å². The quantitative estimate of drug-likeness (QED) is 0.466. The molecule has 1 amide bonds. The van der Waals surface area contributed by atoms with Crippen LogP contribution in [0.1, 0.15) is 20.8 Å². The molecule has 0 spiro atoms. The van der Waals surface area contributed by atoms with Crippen molar-refractivity contribution in [3.05, 3.63) is 0 Å². The number of nitrogen functional groups attached to an aromatic ring is 1. The summed E-state index contributed by atoms with van der Waals surface area (Å²) in [6.45, 7) is 6.49. The number of nitrogens with one attached hydrogen (secondary N) is 2. The number of anilines is 2. The molecule has 1 unspecified atom stereocenters. The normalized spacial score (nSPS) is 11.7. The SMILES string of the molecule is CCOc1nc(NN)nc(NC(C)C(=O)N(C)CC)n1. The molecular weight excluding hydrogens is 262 g/mol. The largest absolute Gasteiger partial charge is 0.464 e. The maximum Gasteiger partial charge on any atom is 0.323 e. The third-order valence-electron chi connectivity index (χ3n) is 2.58. The number of amides is 1. The summed E-state index contributed by atoms with van der Waals surface area (Å²) in [5.74, 6) is 5.61. The minimum absolute atomic E-state index is 0.0619. The van der Waals surface area contributed by atoms with Crippen molar-refractivity contribution in [3.63, 3.8) is 0 Å². The zero-order valence-electron chi connectivity index (χ0n) is 12.2. The van der Waals surface area contributed by atoms with Crippen LogP contribution in [0.4, 0.5) is 11.9 Å². The highest BCUT2D eigenvalue weighted by Crippen LogP contribution is 2.11. The second kappa shape index (κ2) is 7.43. The molecule has 1 aromatic heterocycles. The molecule has 1 atom stereocenters. The average molecular weight is 283 g/mol. The molecule has 20 heavy (non-hydrogen) atoms. The van der Waals surface area contributed by atoms with Crippen molar-refractivity contribution in [2.75, 3.05) is 30.9 Å². The minimum atomic E-state index is -0.470. The number of hydrogen-bond acceptors (Lipinski definition) is 8. The van der Waals surface area contributed by atoms with E-state index in [1.807, 2.05) is 13.8 Å². The van der Waals surface area contributed by atoms with Gasteiger partial charge in [-0.3, -0.25) is 10.2 Å². The molecule has 0 saturated heterocycles. The molecular formula is C11H21N7O2. The van der Waals surface area contributed by atoms with Crippen molar-refractivity contribution >= 4 is 17.8 Å². The topological polar surface area (TPSA) is 118 Å². The molecule has 9 nitrogen and oxygen atoms in total. The molecule has 0 aliphatic carbocycles. The smallest absolute Gasteiger partial charge is 0.323 e. The molecule has 0 radical (unpaired) electrons. The summed E-state index contributed by atoms with van der Waals surface area (Å²) in [4.78, 5) is 25.6. The maximum atomic E-state index is 12.0. The average Bonchev–Trinajstić information content (AvgIpc) is 2.45. The van der Waals surface area contributed by atoms with Gasteiger partial charge in [0.2, 0.25) is 17.8 Å². The van der Waals surface area contributed by atoms with Crippen LogP contribution in [-0.2, 0) is 4.79 Å². The lowest BCUT2D eigenvalue weighted by Crippen LogP contribution is -2.39. The number of likely N-dealkylation sites (N-methyl/N-ethyl adjacent to an activating group) is 1. The third kappa shape index (κ3) is 4.19. The van der Waals surface area contributed by atoms with Gasteiger partial charge in [-0.15, -0.1) is 0 Å². The zero-order valence-corrected chi connectivity index (χ0v) is 12.2. The Kier molecular flexibility index (Phi) is 5.91. The van der Waals surface area contributed by atoms with Gasteiger partial charge in [0.1, 0.15) is 6.04 Å². The molecule has 0 aromatic carbocycles. The van der Waals surface area contributed by atoms with Crippen molar-refractivity contribution in [1.29, 1.82) is 0 Å². The first-order valence-corrected chi connectivity index (χ1v) is 6.38. The van der Waals surface area contributed by atoms with Crippen LogP contribution in [0, 0.1) is 0 Å². The highest BCUT2D eigenvalue weighted by atomic mass is 16.5. The molecule has 0 fully saturated rings. The lowest BCUT2D eigenvalue weighted by atomic mass is 10.3. The van der Waals surface area contributed by atoms with Crippen molar-refractivity contribution in [2.45, 2.75) is 26.8 Å². The van der Waals surface area contributed by atoms with E-state index in [1.54, 1.807) is 18.9 Å². The number of rotatable bonds is 7. The Hall–Kier alpha value is -2.16. The number of nitrogens with two attached hydrogens (primary N) is 1. The van der Waals surface area contributed by atoms with Gasteiger partial charge < -0.3 is 15.0 Å². The van der Waals surface area contributed by atoms with Gasteiger partial charge in [-0.1, -0.05) is 0 Å². The second-order valence-corrected chi connectivity index (χ2v) is 4.06. The molecule has 0 saturated carbocycles. The Morgan fingerprint density at radius 3 is 2.55 bits per heavy atom. The highest BCUT2D eigenvalue weighted by molar-refractivity contribution is 5.83. The lowest BCUT2D eigenvalue weighted by Gasteiger charge is -2.20. The molecule has 1 heterocycles. The number of aromatic nitrogens is 3. The molecule has 1 aromatic rings. The predicted molar refractivity (Wildman–Crippen MR) is 75.2 cm³/mol. The molecule has 1 rings (SSSR count). The van der Waals surface area contributed by atoms with Gasteiger partial charge in [-0.2, -0.15) is 15.0 Å². The fourth-order valence-electron chi connectivity index (χ4n) is 1.42. The van der Waals surface area contributed by atoms with Gasteiger partial charge in [0.15, 0.2) is 0 Å². The van der Waals surface area contributed by atoms with Crippen molar-refractivity contribution < 1.29 is 9.53 Å². The molecule has 9 heteroatoms. The van der Waals surface area contributed by atoms with E-state index >= 15 is 0 Å². The minimum Gasteiger partial charge on any atom is -0.464 e. The monoisotopic (exact) mass is 283 g/mol. The highest BCUT2D eigenvalue weighted by Gasteiger charge is 2.18. The van der Waals surface area contributed by atoms with E-state index in [9.17, 15) is 4.79 Å². The van der Waals surface area contributed by atoms with Gasteiger partial charge in [-0.05, 0) is 20.8 Å². The van der Waals surface area contributed by atoms with Gasteiger partial charge in [0.25, 0.3) is 0 Å². The molecule has 0 aliphatic rings. The van der Waals surface area contributed by atoms with E-state index in [2.05, 4.69) is 25.7 Å². The first-order chi connectivity index (χ1) is 9.51. The van der Waals surface area contributed by atoms with Crippen LogP contribution in [-0.4, -0.2) is 52.0 Å². The summed E-state index contributed by atoms with van der Waals surface area (Å²) in [5.41, 5.74) is 2.33. The number of carbonyl (C=O) groups is 1. The van der Waals surface area contributed by atoms with E-state index in [0.29, 0.717) is 13.2 Å². The summed E-state index contributed by atoms with van der Waals surface area (Å²) in [6.07, 6.45) is 0. The number of ether oxygens (including phenoxy) is 1. The number of hydrogen-bond donors (Lipinski definition) is 3. The van der Waals surface area contributed by atoms with Crippen LogP contribution in [0.25, 0.3) is 0 Å². The molecule has 112 valence electrons. The van der Waals surface area contributed by atoms with E-state index in [4.69, 9.17) is 10.6 Å². The van der Waals surface area contributed by atoms with Crippen LogP contribution in [0.15, 0.2) is 0 Å². The Balaban J connectivity index is 2.85. The summed E-state index contributed by atoms with van der Waals surface area (Å²) in [5, 5.41) is 2.90. The second-order valence-electron chi connectivity index (χ2n) is 4.06. The first-order valence-electron chi connectivity index (χ1n) is 6.38. The van der Waals surface area contributed by atoms with E-state index in [1.165, 1.54) is 0 Å². The maximum absolute atomic E-state index is 12.0. The summed E-state index contributed by atoms with van der Waals surface area (Å²) < 4.78 is 5.21. The predicted octanol–water partition coefficient (Wildman–Crippen LogP) is -0.165. The Morgan fingerprint density at radius 2 is 2.00 bits per heavy atom. The molecule has 0 bridgehead atoms. The van der Waals surface area contributed by atoms with Gasteiger partial charge in [-0.25, -0.2) is 5.84 Å². The first kappa shape index (κ1) is 15.9. The van der Waals surface area contributed by atoms with Gasteiger partial charge in [0, 0.05) is 13.6 Å². The standard InChI is InChI=1S/C11H21N7O2/c1-5-18(4)8(19)7(3)13-9-14-10(17-12)16-11(15-9)20-6-2/h7H,5-6,12H2,1-4H3,(H2,13,14,15,16,17). The van der Waals surface area contributed by atoms with E-state index in [-0.39, 0.29) is 23.8 Å². The van der Waals surface area contributed by atoms with E-state index in [0.717, 1.165) is 0 Å². The van der Waals surface area contributed by atoms with Crippen molar-refractivity contribution in [2.24, 2.45) is 5.84 Å². The van der Waals surface area contributed by atoms with Crippen LogP contribution in [0.3, 0.4) is 0 Å². The van der Waals surface area contributed by atoms with Crippen LogP contribution in [0.5, 0.6) is 6.01 Å². The Labute approximate surface area is 117 Å². The third-order valence-corrected chi connectivity index (χ3v) is 2.58. The summed E-state index contributed by atoms with van der Waals surface area (Å²) in [7, 11) is 1.73. The van der Waals surface area contributed by atoms with E-state index < -0.39 is 6.04 Å². The number of hydrazine groups is 1. The van der Waals surface area contributed by atoms with Crippen molar-refractivity contribution in [1.82, 2.24) is 19.9 Å². The fourth-order valence-corrected chi connectivity index (χ4v) is 1.42. The van der Waals surface area contributed by atoms with Gasteiger partial charge >= 0.3 is 6.01 Å². The van der Waals surface area contributed by atoms with Crippen LogP contribution in [0.2, 0.25) is 0 Å². The van der Waals surface area contributed by atoms with Crippen LogP contribution < -0.4 is 21.3 Å². The molecule has 4 N–H and O–H groups in total. The zero-order chi connectivity index (χ0) is 15.1. The lowest BCUT2D eigenvalue weighted by molar-refractivity contribution is -0.130. The fraction of sp³-hybridized carbons (Fsp3) is 0.636.